The number of aliphatic hydroxyl groups is 1. The van der Waals surface area contributed by atoms with Crippen LogP contribution in [0.5, 0.6) is 0 Å². The molecule has 1 aliphatic carbocycles. The molecule has 82 valence electrons. The molecule has 0 aromatic rings. The molecule has 1 fully saturated rings. The van der Waals surface area contributed by atoms with Crippen molar-refractivity contribution in [2.24, 2.45) is 11.7 Å². The summed E-state index contributed by atoms with van der Waals surface area (Å²) < 4.78 is 0. The maximum absolute atomic E-state index is 11.2. The zero-order chi connectivity index (χ0) is 10.6. The van der Waals surface area contributed by atoms with Gasteiger partial charge < -0.3 is 16.2 Å². The highest BCUT2D eigenvalue weighted by atomic mass is 16.3. The minimum Gasteiger partial charge on any atom is -0.393 e. The van der Waals surface area contributed by atoms with Gasteiger partial charge in [-0.1, -0.05) is 0 Å². The summed E-state index contributed by atoms with van der Waals surface area (Å²) in [6.45, 7) is 2.38. The molecule has 0 aromatic heterocycles. The average Bonchev–Trinajstić information content (AvgIpc) is 2.16. The van der Waals surface area contributed by atoms with Crippen LogP contribution < -0.4 is 11.1 Å². The largest absolute Gasteiger partial charge is 0.393 e. The SMILES string of the molecule is C[C@@H](N)C(=O)NCC1CCC(O)CC1. The van der Waals surface area contributed by atoms with E-state index in [-0.39, 0.29) is 12.0 Å². The second-order valence-corrected chi connectivity index (χ2v) is 4.21. The fourth-order valence-electron chi connectivity index (χ4n) is 1.75. The number of nitrogens with one attached hydrogen (secondary N) is 1. The highest BCUT2D eigenvalue weighted by Gasteiger charge is 2.19. The molecular weight excluding hydrogens is 180 g/mol. The molecule has 0 radical (unpaired) electrons. The van der Waals surface area contributed by atoms with E-state index in [1.807, 2.05) is 0 Å². The lowest BCUT2D eigenvalue weighted by molar-refractivity contribution is -0.122. The summed E-state index contributed by atoms with van der Waals surface area (Å²) in [7, 11) is 0. The van der Waals surface area contributed by atoms with Crippen LogP contribution in [-0.2, 0) is 4.79 Å². The first-order valence-electron chi connectivity index (χ1n) is 5.31. The van der Waals surface area contributed by atoms with E-state index in [1.54, 1.807) is 6.92 Å². The minimum atomic E-state index is -0.427. The normalized spacial score (nSPS) is 29.6. The average molecular weight is 200 g/mol. The third-order valence-corrected chi connectivity index (χ3v) is 2.79. The lowest BCUT2D eigenvalue weighted by Crippen LogP contribution is -2.41. The molecule has 1 aliphatic rings. The number of amides is 1. The molecule has 0 aromatic carbocycles. The van der Waals surface area contributed by atoms with Gasteiger partial charge in [0.2, 0.25) is 5.91 Å². The van der Waals surface area contributed by atoms with Crippen molar-refractivity contribution in [1.29, 1.82) is 0 Å². The van der Waals surface area contributed by atoms with Gasteiger partial charge in [-0.15, -0.1) is 0 Å². The second-order valence-electron chi connectivity index (χ2n) is 4.21. The standard InChI is InChI=1S/C10H20N2O2/c1-7(11)10(14)12-6-8-2-4-9(13)5-3-8/h7-9,13H,2-6,11H2,1H3,(H,12,14)/t7-,8?,9?/m1/s1. The van der Waals surface area contributed by atoms with Crippen molar-refractivity contribution in [3.8, 4) is 0 Å². The molecule has 14 heavy (non-hydrogen) atoms. The van der Waals surface area contributed by atoms with Gasteiger partial charge >= 0.3 is 0 Å². The molecule has 0 aliphatic heterocycles. The van der Waals surface area contributed by atoms with Gasteiger partial charge in [-0.3, -0.25) is 4.79 Å². The van der Waals surface area contributed by atoms with E-state index in [4.69, 9.17) is 5.73 Å². The van der Waals surface area contributed by atoms with E-state index >= 15 is 0 Å². The Labute approximate surface area is 84.9 Å². The van der Waals surface area contributed by atoms with Crippen LogP contribution in [0.2, 0.25) is 0 Å². The molecule has 4 heteroatoms. The monoisotopic (exact) mass is 200 g/mol. The maximum atomic E-state index is 11.2. The van der Waals surface area contributed by atoms with Crippen molar-refractivity contribution in [1.82, 2.24) is 5.32 Å². The predicted molar refractivity (Wildman–Crippen MR) is 54.6 cm³/mol. The quantitative estimate of drug-likeness (QED) is 0.600. The van der Waals surface area contributed by atoms with Crippen LogP contribution in [0.25, 0.3) is 0 Å². The number of rotatable bonds is 3. The number of carbonyl (C=O) groups excluding carboxylic acids is 1. The van der Waals surface area contributed by atoms with Crippen LogP contribution in [0, 0.1) is 5.92 Å². The number of hydrogen-bond acceptors (Lipinski definition) is 3. The molecule has 4 N–H and O–H groups in total. The minimum absolute atomic E-state index is 0.0869. The van der Waals surface area contributed by atoms with Gasteiger partial charge in [0.05, 0.1) is 12.1 Å². The predicted octanol–water partition coefficient (Wildman–Crippen LogP) is 0.000900. The Hall–Kier alpha value is -0.610. The van der Waals surface area contributed by atoms with E-state index in [0.29, 0.717) is 12.5 Å². The Morgan fingerprint density at radius 2 is 2.07 bits per heavy atom. The third-order valence-electron chi connectivity index (χ3n) is 2.79. The first-order valence-corrected chi connectivity index (χ1v) is 5.31. The molecule has 0 heterocycles. The van der Waals surface area contributed by atoms with Crippen molar-refractivity contribution in [2.75, 3.05) is 6.54 Å². The Morgan fingerprint density at radius 1 is 1.50 bits per heavy atom. The van der Waals surface area contributed by atoms with Crippen molar-refractivity contribution in [2.45, 2.75) is 44.8 Å². The summed E-state index contributed by atoms with van der Waals surface area (Å²) in [5.74, 6) is 0.428. The molecule has 0 unspecified atom stereocenters. The van der Waals surface area contributed by atoms with Gasteiger partial charge in [0, 0.05) is 6.54 Å². The van der Waals surface area contributed by atoms with Gasteiger partial charge in [-0.25, -0.2) is 0 Å². The van der Waals surface area contributed by atoms with Crippen LogP contribution in [0.4, 0.5) is 0 Å². The Morgan fingerprint density at radius 3 is 2.57 bits per heavy atom. The number of nitrogens with two attached hydrogens (primary N) is 1. The summed E-state index contributed by atoms with van der Waals surface area (Å²) in [5.41, 5.74) is 5.42. The first kappa shape index (κ1) is 11.5. The fraction of sp³-hybridized carbons (Fsp3) is 0.900. The molecule has 0 saturated heterocycles. The van der Waals surface area contributed by atoms with Crippen LogP contribution in [0.3, 0.4) is 0 Å². The van der Waals surface area contributed by atoms with Crippen molar-refractivity contribution in [3.63, 3.8) is 0 Å². The smallest absolute Gasteiger partial charge is 0.236 e. The lowest BCUT2D eigenvalue weighted by atomic mass is 9.87. The third kappa shape index (κ3) is 3.64. The highest BCUT2D eigenvalue weighted by Crippen LogP contribution is 2.23. The number of carbonyl (C=O) groups is 1. The molecule has 1 rings (SSSR count). The van der Waals surface area contributed by atoms with E-state index in [1.165, 1.54) is 0 Å². The molecule has 0 spiro atoms. The van der Waals surface area contributed by atoms with Gasteiger partial charge in [-0.05, 0) is 38.5 Å². The Balaban J connectivity index is 2.16. The second kappa shape index (κ2) is 5.32. The highest BCUT2D eigenvalue weighted by molar-refractivity contribution is 5.80. The van der Waals surface area contributed by atoms with Gasteiger partial charge in [0.25, 0.3) is 0 Å². The lowest BCUT2D eigenvalue weighted by Gasteiger charge is -2.25. The van der Waals surface area contributed by atoms with Crippen LogP contribution in [0.15, 0.2) is 0 Å². The molecule has 4 nitrogen and oxygen atoms in total. The molecule has 1 atom stereocenters. The van der Waals surface area contributed by atoms with E-state index in [0.717, 1.165) is 25.7 Å². The molecule has 1 saturated carbocycles. The fourth-order valence-corrected chi connectivity index (χ4v) is 1.75. The topological polar surface area (TPSA) is 75.4 Å². The zero-order valence-electron chi connectivity index (χ0n) is 8.70. The molecular formula is C10H20N2O2. The van der Waals surface area contributed by atoms with Crippen LogP contribution >= 0.6 is 0 Å². The zero-order valence-corrected chi connectivity index (χ0v) is 8.70. The molecule has 0 bridgehead atoms. The molecule has 1 amide bonds. The maximum Gasteiger partial charge on any atom is 0.236 e. The van der Waals surface area contributed by atoms with Gasteiger partial charge in [0.1, 0.15) is 0 Å². The Bertz CT molecular complexity index is 187. The van der Waals surface area contributed by atoms with E-state index < -0.39 is 6.04 Å². The summed E-state index contributed by atoms with van der Waals surface area (Å²) in [5, 5.41) is 12.1. The van der Waals surface area contributed by atoms with Gasteiger partial charge in [0.15, 0.2) is 0 Å². The van der Waals surface area contributed by atoms with Crippen molar-refractivity contribution < 1.29 is 9.90 Å². The summed E-state index contributed by atoms with van der Waals surface area (Å²) in [6, 6.07) is -0.427. The van der Waals surface area contributed by atoms with Crippen LogP contribution in [-0.4, -0.2) is 29.7 Å². The van der Waals surface area contributed by atoms with E-state index in [9.17, 15) is 9.90 Å². The first-order chi connectivity index (χ1) is 6.59. The van der Waals surface area contributed by atoms with Gasteiger partial charge in [-0.2, -0.15) is 0 Å². The van der Waals surface area contributed by atoms with Crippen molar-refractivity contribution in [3.05, 3.63) is 0 Å². The summed E-state index contributed by atoms with van der Waals surface area (Å²) in [6.07, 6.45) is 3.59. The number of hydrogen-bond donors (Lipinski definition) is 3. The summed E-state index contributed by atoms with van der Waals surface area (Å²) >= 11 is 0. The number of aliphatic hydroxyl groups excluding tert-OH is 1. The van der Waals surface area contributed by atoms with E-state index in [2.05, 4.69) is 5.32 Å². The van der Waals surface area contributed by atoms with Crippen LogP contribution in [0.1, 0.15) is 32.6 Å². The summed E-state index contributed by atoms with van der Waals surface area (Å²) in [4.78, 5) is 11.2. The van der Waals surface area contributed by atoms with Crippen molar-refractivity contribution >= 4 is 5.91 Å². The Kier molecular flexibility index (Phi) is 4.35.